The van der Waals surface area contributed by atoms with E-state index >= 15 is 0 Å². The van der Waals surface area contributed by atoms with E-state index in [4.69, 9.17) is 0 Å². The summed E-state index contributed by atoms with van der Waals surface area (Å²) in [5.74, 6) is 0.638. The Morgan fingerprint density at radius 3 is 2.45 bits per heavy atom. The summed E-state index contributed by atoms with van der Waals surface area (Å²) >= 11 is 0. The van der Waals surface area contributed by atoms with Crippen molar-refractivity contribution in [2.45, 2.75) is 40.8 Å². The number of nitrogens with one attached hydrogen (secondary N) is 1. The molecule has 0 aliphatic rings. The van der Waals surface area contributed by atoms with Crippen LogP contribution in [0.2, 0.25) is 0 Å². The van der Waals surface area contributed by atoms with Gasteiger partial charge in [-0.15, -0.1) is 24.8 Å². The molecule has 1 rings (SSSR count). The van der Waals surface area contributed by atoms with E-state index in [1.807, 2.05) is 6.20 Å². The van der Waals surface area contributed by atoms with E-state index in [2.05, 4.69) is 53.8 Å². The number of halogens is 2. The van der Waals surface area contributed by atoms with Gasteiger partial charge in [-0.1, -0.05) is 27.7 Å². The number of rotatable bonds is 9. The molecule has 1 N–H and O–H groups in total. The Hall–Kier alpha value is -0.290. The molecule has 0 saturated heterocycles. The van der Waals surface area contributed by atoms with Gasteiger partial charge in [-0.05, 0) is 25.1 Å². The molecule has 1 heterocycles. The molecule has 0 saturated carbocycles. The van der Waals surface area contributed by atoms with E-state index in [-0.39, 0.29) is 24.8 Å². The zero-order chi connectivity index (χ0) is 13.4. The third-order valence-electron chi connectivity index (χ3n) is 3.15. The van der Waals surface area contributed by atoms with Crippen LogP contribution in [0, 0.1) is 5.92 Å². The van der Waals surface area contributed by atoms with E-state index in [1.54, 1.807) is 0 Å². The number of aromatic nitrogens is 2. The number of nitrogens with zero attached hydrogens (tertiary/aromatic N) is 3. The Kier molecular flexibility index (Phi) is 13.7. The highest BCUT2D eigenvalue weighted by atomic mass is 35.5. The van der Waals surface area contributed by atoms with Gasteiger partial charge >= 0.3 is 0 Å². The van der Waals surface area contributed by atoms with Crippen LogP contribution < -0.4 is 5.32 Å². The quantitative estimate of drug-likeness (QED) is 0.709. The Morgan fingerprint density at radius 2 is 1.90 bits per heavy atom. The maximum atomic E-state index is 4.37. The fourth-order valence-electron chi connectivity index (χ4n) is 2.01. The molecule has 0 amide bonds. The van der Waals surface area contributed by atoms with Crippen molar-refractivity contribution in [1.29, 1.82) is 0 Å². The van der Waals surface area contributed by atoms with Crippen molar-refractivity contribution in [3.8, 4) is 0 Å². The Balaban J connectivity index is 0. The van der Waals surface area contributed by atoms with E-state index in [9.17, 15) is 0 Å². The fourth-order valence-corrected chi connectivity index (χ4v) is 2.01. The lowest BCUT2D eigenvalue weighted by Gasteiger charge is -2.18. The lowest BCUT2D eigenvalue weighted by molar-refractivity contribution is 0.301. The molecule has 1 aromatic rings. The molecule has 1 aromatic heterocycles. The van der Waals surface area contributed by atoms with Crippen LogP contribution in [-0.2, 0) is 13.1 Å². The van der Waals surface area contributed by atoms with Crippen LogP contribution >= 0.6 is 24.8 Å². The second-order valence-corrected chi connectivity index (χ2v) is 5.10. The predicted octanol–water partition coefficient (Wildman–Crippen LogP) is 2.81. The summed E-state index contributed by atoms with van der Waals surface area (Å²) < 4.78 is 2.11. The monoisotopic (exact) mass is 324 g/mol. The summed E-state index contributed by atoms with van der Waals surface area (Å²) in [5, 5.41) is 7.87. The first kappa shape index (κ1) is 22.0. The highest BCUT2D eigenvalue weighted by Gasteiger charge is 2.04. The van der Waals surface area contributed by atoms with Crippen LogP contribution in [0.4, 0.5) is 0 Å². The fraction of sp³-hybridized carbons (Fsp3) is 0.786. The SMILES string of the molecule is CCN(CC)CCNCc1ccnn1CC(C)C.Cl.Cl. The molecule has 120 valence electrons. The molecule has 0 spiro atoms. The Labute approximate surface area is 136 Å². The molecule has 4 nitrogen and oxygen atoms in total. The van der Waals surface area contributed by atoms with Crippen molar-refractivity contribution in [1.82, 2.24) is 20.0 Å². The summed E-state index contributed by atoms with van der Waals surface area (Å²) in [4.78, 5) is 2.43. The number of likely N-dealkylation sites (N-methyl/N-ethyl adjacent to an activating group) is 1. The first-order chi connectivity index (χ1) is 8.67. The second kappa shape index (κ2) is 12.5. The zero-order valence-electron chi connectivity index (χ0n) is 13.1. The van der Waals surface area contributed by atoms with Crippen molar-refractivity contribution in [3.05, 3.63) is 18.0 Å². The predicted molar refractivity (Wildman–Crippen MR) is 91.1 cm³/mol. The van der Waals surface area contributed by atoms with Crippen LogP contribution in [0.15, 0.2) is 12.3 Å². The molecule has 0 unspecified atom stereocenters. The maximum absolute atomic E-state index is 4.37. The molecule has 0 radical (unpaired) electrons. The average molecular weight is 325 g/mol. The van der Waals surface area contributed by atoms with Gasteiger partial charge in [-0.25, -0.2) is 0 Å². The van der Waals surface area contributed by atoms with Crippen molar-refractivity contribution in [2.75, 3.05) is 26.2 Å². The molecule has 0 atom stereocenters. The van der Waals surface area contributed by atoms with E-state index < -0.39 is 0 Å². The van der Waals surface area contributed by atoms with Crippen LogP contribution in [0.3, 0.4) is 0 Å². The summed E-state index contributed by atoms with van der Waals surface area (Å²) in [6.45, 7) is 15.2. The van der Waals surface area contributed by atoms with Crippen LogP contribution in [-0.4, -0.2) is 40.9 Å². The van der Waals surface area contributed by atoms with Gasteiger partial charge in [0.1, 0.15) is 0 Å². The average Bonchev–Trinajstić information content (AvgIpc) is 2.76. The topological polar surface area (TPSA) is 33.1 Å². The molecule has 0 aromatic carbocycles. The molecular weight excluding hydrogens is 295 g/mol. The molecule has 6 heteroatoms. The lowest BCUT2D eigenvalue weighted by Crippen LogP contribution is -2.32. The lowest BCUT2D eigenvalue weighted by atomic mass is 10.2. The molecule has 0 aliphatic heterocycles. The smallest absolute Gasteiger partial charge is 0.0522 e. The largest absolute Gasteiger partial charge is 0.310 e. The van der Waals surface area contributed by atoms with E-state index in [0.717, 1.165) is 39.3 Å². The first-order valence-electron chi connectivity index (χ1n) is 7.11. The summed E-state index contributed by atoms with van der Waals surface area (Å²) in [6.07, 6.45) is 1.89. The van der Waals surface area contributed by atoms with Gasteiger partial charge in [-0.2, -0.15) is 5.10 Å². The molecule has 20 heavy (non-hydrogen) atoms. The maximum Gasteiger partial charge on any atom is 0.0522 e. The molecule has 0 bridgehead atoms. The minimum atomic E-state index is 0. The minimum Gasteiger partial charge on any atom is -0.310 e. The Morgan fingerprint density at radius 1 is 1.25 bits per heavy atom. The highest BCUT2D eigenvalue weighted by Crippen LogP contribution is 2.03. The van der Waals surface area contributed by atoms with Crippen molar-refractivity contribution in [2.24, 2.45) is 5.92 Å². The highest BCUT2D eigenvalue weighted by molar-refractivity contribution is 5.85. The summed E-state index contributed by atoms with van der Waals surface area (Å²) in [6, 6.07) is 2.10. The second-order valence-electron chi connectivity index (χ2n) is 5.10. The Bertz CT molecular complexity index is 325. The third-order valence-corrected chi connectivity index (χ3v) is 3.15. The van der Waals surface area contributed by atoms with Crippen molar-refractivity contribution in [3.63, 3.8) is 0 Å². The van der Waals surface area contributed by atoms with Gasteiger partial charge in [0, 0.05) is 32.4 Å². The van der Waals surface area contributed by atoms with Gasteiger partial charge in [0.2, 0.25) is 0 Å². The summed E-state index contributed by atoms with van der Waals surface area (Å²) in [7, 11) is 0. The van der Waals surface area contributed by atoms with Crippen molar-refractivity contribution >= 4 is 24.8 Å². The zero-order valence-corrected chi connectivity index (χ0v) is 14.8. The minimum absolute atomic E-state index is 0. The summed E-state index contributed by atoms with van der Waals surface area (Å²) in [5.41, 5.74) is 1.28. The normalized spacial score (nSPS) is 10.5. The third kappa shape index (κ3) is 8.10. The van der Waals surface area contributed by atoms with E-state index in [0.29, 0.717) is 5.92 Å². The van der Waals surface area contributed by atoms with Crippen LogP contribution in [0.25, 0.3) is 0 Å². The van der Waals surface area contributed by atoms with Gasteiger partial charge in [0.25, 0.3) is 0 Å². The molecule has 0 aliphatic carbocycles. The van der Waals surface area contributed by atoms with Crippen LogP contribution in [0.5, 0.6) is 0 Å². The van der Waals surface area contributed by atoms with E-state index in [1.165, 1.54) is 5.69 Å². The first-order valence-corrected chi connectivity index (χ1v) is 7.11. The van der Waals surface area contributed by atoms with Gasteiger partial charge in [-0.3, -0.25) is 4.68 Å². The standard InChI is InChI=1S/C14H28N4.2ClH/c1-5-17(6-2)10-9-15-11-14-7-8-16-18(14)12-13(3)4;;/h7-8,13,15H,5-6,9-12H2,1-4H3;2*1H. The molecular formula is C14H30Cl2N4. The number of hydrogen-bond donors (Lipinski definition) is 1. The van der Waals surface area contributed by atoms with Gasteiger partial charge in [0.05, 0.1) is 5.69 Å². The molecule has 0 fully saturated rings. The number of hydrogen-bond acceptors (Lipinski definition) is 3. The van der Waals surface area contributed by atoms with Gasteiger partial charge in [0.15, 0.2) is 0 Å². The van der Waals surface area contributed by atoms with Crippen molar-refractivity contribution < 1.29 is 0 Å². The van der Waals surface area contributed by atoms with Crippen LogP contribution in [0.1, 0.15) is 33.4 Å². The van der Waals surface area contributed by atoms with Gasteiger partial charge < -0.3 is 10.2 Å².